The van der Waals surface area contributed by atoms with Crippen molar-refractivity contribution in [2.75, 3.05) is 33.4 Å². The summed E-state index contributed by atoms with van der Waals surface area (Å²) in [6, 6.07) is 6.25. The molecule has 5 nitrogen and oxygen atoms in total. The lowest BCUT2D eigenvalue weighted by Crippen LogP contribution is -2.47. The van der Waals surface area contributed by atoms with Gasteiger partial charge in [0, 0.05) is 25.2 Å². The predicted molar refractivity (Wildman–Crippen MR) is 107 cm³/mol. The highest BCUT2D eigenvalue weighted by molar-refractivity contribution is 6.30. The van der Waals surface area contributed by atoms with Crippen molar-refractivity contribution in [3.8, 4) is 0 Å². The molecule has 1 aromatic rings. The van der Waals surface area contributed by atoms with E-state index < -0.39 is 6.10 Å². The zero-order chi connectivity index (χ0) is 19.2. The van der Waals surface area contributed by atoms with E-state index in [0.717, 1.165) is 18.0 Å². The predicted octanol–water partition coefficient (Wildman–Crippen LogP) is 2.94. The van der Waals surface area contributed by atoms with Gasteiger partial charge in [-0.25, -0.2) is 0 Å². The fraction of sp³-hybridized carbons (Fsp3) is 0.667. The van der Waals surface area contributed by atoms with Gasteiger partial charge in [-0.3, -0.25) is 4.79 Å². The molecule has 0 spiro atoms. The second-order valence-corrected chi connectivity index (χ2v) is 8.20. The molecule has 6 heteroatoms. The van der Waals surface area contributed by atoms with Crippen molar-refractivity contribution in [1.29, 1.82) is 0 Å². The zero-order valence-corrected chi connectivity index (χ0v) is 16.9. The molecule has 1 fully saturated rings. The summed E-state index contributed by atoms with van der Waals surface area (Å²) >= 11 is 6.30. The van der Waals surface area contributed by atoms with Crippen LogP contribution in [0.5, 0.6) is 0 Å². The van der Waals surface area contributed by atoms with Crippen LogP contribution in [0.25, 0.3) is 0 Å². The van der Waals surface area contributed by atoms with Gasteiger partial charge in [-0.15, -0.1) is 0 Å². The smallest absolute Gasteiger partial charge is 0.237 e. The zero-order valence-electron chi connectivity index (χ0n) is 16.1. The van der Waals surface area contributed by atoms with Crippen LogP contribution < -0.4 is 5.32 Å². The largest absolute Gasteiger partial charge is 0.389 e. The number of fused-ring (bicyclic) bond motifs is 1. The highest BCUT2D eigenvalue weighted by atomic mass is 35.5. The third-order valence-corrected chi connectivity index (χ3v) is 6.05. The van der Waals surface area contributed by atoms with Crippen molar-refractivity contribution in [3.63, 3.8) is 0 Å². The molecule has 0 bridgehead atoms. The van der Waals surface area contributed by atoms with Gasteiger partial charge in [-0.1, -0.05) is 36.9 Å². The maximum Gasteiger partial charge on any atom is 0.237 e. The standard InChI is InChI=1S/C21H31ClN2O3/c1-27-14-18(25)12-23-13-20(26)24-10-9-15-7-8-17(22)11-19(15)21(24)16-5-3-2-4-6-16/h7-8,11,16,18,21,23,25H,2-6,9-10,12-14H2,1H3. The van der Waals surface area contributed by atoms with Crippen molar-refractivity contribution in [2.24, 2.45) is 5.92 Å². The minimum absolute atomic E-state index is 0.0980. The van der Waals surface area contributed by atoms with Crippen molar-refractivity contribution in [2.45, 2.75) is 50.7 Å². The number of rotatable bonds is 7. The molecular formula is C21H31ClN2O3. The number of carbonyl (C=O) groups is 1. The Morgan fingerprint density at radius 2 is 2.15 bits per heavy atom. The summed E-state index contributed by atoms with van der Waals surface area (Å²) in [4.78, 5) is 15.0. The average molecular weight is 395 g/mol. The first-order valence-corrected chi connectivity index (χ1v) is 10.4. The summed E-state index contributed by atoms with van der Waals surface area (Å²) in [6.45, 7) is 1.60. The topological polar surface area (TPSA) is 61.8 Å². The molecule has 27 heavy (non-hydrogen) atoms. The van der Waals surface area contributed by atoms with Gasteiger partial charge in [0.15, 0.2) is 0 Å². The Morgan fingerprint density at radius 1 is 1.37 bits per heavy atom. The Labute approximate surface area is 167 Å². The second-order valence-electron chi connectivity index (χ2n) is 7.76. The fourth-order valence-electron chi connectivity index (χ4n) is 4.55. The van der Waals surface area contributed by atoms with E-state index >= 15 is 0 Å². The molecule has 2 unspecified atom stereocenters. The maximum absolute atomic E-state index is 13.0. The van der Waals surface area contributed by atoms with E-state index in [2.05, 4.69) is 17.4 Å². The van der Waals surface area contributed by atoms with Crippen LogP contribution in [0.4, 0.5) is 0 Å². The van der Waals surface area contributed by atoms with E-state index in [1.54, 1.807) is 7.11 Å². The monoisotopic (exact) mass is 394 g/mol. The molecule has 3 rings (SSSR count). The van der Waals surface area contributed by atoms with Gasteiger partial charge in [-0.05, 0) is 48.4 Å². The van der Waals surface area contributed by atoms with Gasteiger partial charge in [0.05, 0.1) is 25.3 Å². The molecule has 0 aromatic heterocycles. The Kier molecular flexibility index (Phi) is 7.53. The van der Waals surface area contributed by atoms with Crippen LogP contribution in [-0.2, 0) is 16.0 Å². The molecule has 2 aliphatic rings. The van der Waals surface area contributed by atoms with Crippen molar-refractivity contribution in [3.05, 3.63) is 34.3 Å². The van der Waals surface area contributed by atoms with Crippen LogP contribution in [0.3, 0.4) is 0 Å². The number of aliphatic hydroxyl groups is 1. The fourth-order valence-corrected chi connectivity index (χ4v) is 4.73. The van der Waals surface area contributed by atoms with Crippen LogP contribution in [0.1, 0.15) is 49.3 Å². The molecule has 1 amide bonds. The van der Waals surface area contributed by atoms with Crippen LogP contribution in [0.2, 0.25) is 5.02 Å². The third kappa shape index (κ3) is 5.23. The highest BCUT2D eigenvalue weighted by Gasteiger charge is 2.36. The SMILES string of the molecule is COCC(O)CNCC(=O)N1CCc2ccc(Cl)cc2C1C1CCCCC1. The Morgan fingerprint density at radius 3 is 2.89 bits per heavy atom. The Balaban J connectivity index is 1.73. The molecule has 0 saturated heterocycles. The van der Waals surface area contributed by atoms with Crippen LogP contribution in [-0.4, -0.2) is 55.4 Å². The van der Waals surface area contributed by atoms with Gasteiger partial charge >= 0.3 is 0 Å². The molecule has 0 radical (unpaired) electrons. The molecule has 1 heterocycles. The first kappa shape index (κ1) is 20.6. The summed E-state index contributed by atoms with van der Waals surface area (Å²) in [5.74, 6) is 0.597. The molecule has 1 saturated carbocycles. The number of carbonyl (C=O) groups excluding carboxylic acids is 1. The summed E-state index contributed by atoms with van der Waals surface area (Å²) in [5.41, 5.74) is 2.55. The number of hydrogen-bond acceptors (Lipinski definition) is 4. The highest BCUT2D eigenvalue weighted by Crippen LogP contribution is 2.42. The molecule has 2 atom stereocenters. The van der Waals surface area contributed by atoms with Crippen molar-refractivity contribution in [1.82, 2.24) is 10.2 Å². The van der Waals surface area contributed by atoms with E-state index in [1.165, 1.54) is 43.2 Å². The number of nitrogens with one attached hydrogen (secondary N) is 1. The van der Waals surface area contributed by atoms with Crippen LogP contribution in [0.15, 0.2) is 18.2 Å². The number of amides is 1. The van der Waals surface area contributed by atoms with E-state index in [4.69, 9.17) is 16.3 Å². The summed E-state index contributed by atoms with van der Waals surface area (Å²) in [7, 11) is 1.56. The average Bonchev–Trinajstić information content (AvgIpc) is 2.67. The molecule has 1 aliphatic heterocycles. The van der Waals surface area contributed by atoms with Crippen molar-refractivity contribution >= 4 is 17.5 Å². The summed E-state index contributed by atoms with van der Waals surface area (Å²) < 4.78 is 4.93. The van der Waals surface area contributed by atoms with E-state index in [-0.39, 0.29) is 25.1 Å². The number of ether oxygens (including phenoxy) is 1. The van der Waals surface area contributed by atoms with Crippen LogP contribution in [0, 0.1) is 5.92 Å². The lowest BCUT2D eigenvalue weighted by atomic mass is 9.77. The minimum Gasteiger partial charge on any atom is -0.389 e. The van der Waals surface area contributed by atoms with E-state index in [1.807, 2.05) is 11.0 Å². The summed E-state index contributed by atoms with van der Waals surface area (Å²) in [6.07, 6.45) is 6.37. The summed E-state index contributed by atoms with van der Waals surface area (Å²) in [5, 5.41) is 13.6. The van der Waals surface area contributed by atoms with E-state index in [9.17, 15) is 9.90 Å². The van der Waals surface area contributed by atoms with Gasteiger partial charge in [0.1, 0.15) is 0 Å². The first-order chi connectivity index (χ1) is 13.1. The van der Waals surface area contributed by atoms with Crippen molar-refractivity contribution < 1.29 is 14.6 Å². The number of nitrogens with zero attached hydrogens (tertiary/aromatic N) is 1. The van der Waals surface area contributed by atoms with Gasteiger partial charge < -0.3 is 20.1 Å². The lowest BCUT2D eigenvalue weighted by molar-refractivity contribution is -0.135. The van der Waals surface area contributed by atoms with Gasteiger partial charge in [0.2, 0.25) is 5.91 Å². The number of methoxy groups -OCH3 is 1. The molecule has 1 aliphatic carbocycles. The molecule has 2 N–H and O–H groups in total. The quantitative estimate of drug-likeness (QED) is 0.746. The maximum atomic E-state index is 13.0. The number of aliphatic hydroxyl groups excluding tert-OH is 1. The molecule has 1 aromatic carbocycles. The molecular weight excluding hydrogens is 364 g/mol. The molecule has 150 valence electrons. The third-order valence-electron chi connectivity index (χ3n) is 5.82. The normalized spacial score (nSPS) is 21.7. The Bertz CT molecular complexity index is 634. The second kappa shape index (κ2) is 9.87. The van der Waals surface area contributed by atoms with Crippen LogP contribution >= 0.6 is 11.6 Å². The van der Waals surface area contributed by atoms with E-state index in [0.29, 0.717) is 12.5 Å². The minimum atomic E-state index is -0.599. The Hall–Kier alpha value is -1.14. The van der Waals surface area contributed by atoms with Gasteiger partial charge in [0.25, 0.3) is 0 Å². The van der Waals surface area contributed by atoms with Gasteiger partial charge in [-0.2, -0.15) is 0 Å². The lowest BCUT2D eigenvalue weighted by Gasteiger charge is -2.43. The number of halogens is 1. The number of benzene rings is 1. The first-order valence-electron chi connectivity index (χ1n) is 10.1. The number of hydrogen-bond donors (Lipinski definition) is 2.